The van der Waals surface area contributed by atoms with Crippen molar-refractivity contribution >= 4 is 16.1 Å². The maximum absolute atomic E-state index is 14.0. The van der Waals surface area contributed by atoms with Gasteiger partial charge in [-0.2, -0.15) is 4.31 Å². The van der Waals surface area contributed by atoms with E-state index in [1.807, 2.05) is 0 Å². The fourth-order valence-electron chi connectivity index (χ4n) is 4.28. The summed E-state index contributed by atoms with van der Waals surface area (Å²) < 4.78 is 159. The molecule has 2 aromatic carbocycles. The number of aliphatic hydroxyl groups is 1. The zero-order chi connectivity index (χ0) is 38.4. The van der Waals surface area contributed by atoms with Crippen LogP contribution in [0.2, 0.25) is 0 Å². The van der Waals surface area contributed by atoms with E-state index < -0.39 is 95.9 Å². The van der Waals surface area contributed by atoms with Gasteiger partial charge in [0.1, 0.15) is 11.8 Å². The van der Waals surface area contributed by atoms with E-state index >= 15 is 0 Å². The predicted octanol–water partition coefficient (Wildman–Crippen LogP) is 3.69. The number of carbonyl (C=O) groups excluding carboxylic acids is 1. The van der Waals surface area contributed by atoms with Crippen molar-refractivity contribution in [1.82, 2.24) is 9.62 Å². The van der Waals surface area contributed by atoms with Gasteiger partial charge in [0.25, 0.3) is 0 Å². The maximum Gasteiger partial charge on any atom is 0.573 e. The molecule has 14 heteroatoms. The molecule has 2 fully saturated rings. The number of ether oxygens (including phenoxy) is 4. The van der Waals surface area contributed by atoms with Gasteiger partial charge in [0.2, 0.25) is 10.0 Å². The van der Waals surface area contributed by atoms with Crippen LogP contribution < -0.4 is 10.1 Å². The Morgan fingerprint density at radius 2 is 2.00 bits per heavy atom. The number of amides is 1. The number of sulfonamides is 1. The number of alkyl halides is 3. The largest absolute Gasteiger partial charge is 0.573 e. The van der Waals surface area contributed by atoms with Crippen LogP contribution in [0, 0.1) is 11.8 Å². The van der Waals surface area contributed by atoms with Crippen LogP contribution in [0.3, 0.4) is 0 Å². The smallest absolute Gasteiger partial charge is 0.443 e. The first-order chi connectivity index (χ1) is 23.2. The Kier molecular flexibility index (Phi) is 7.03. The highest BCUT2D eigenvalue weighted by Gasteiger charge is 2.44. The van der Waals surface area contributed by atoms with E-state index in [4.69, 9.17) is 26.5 Å². The van der Waals surface area contributed by atoms with Gasteiger partial charge in [0, 0.05) is 21.3 Å². The van der Waals surface area contributed by atoms with E-state index in [9.17, 15) is 31.5 Å². The molecular weight excluding hydrogens is 581 g/mol. The van der Waals surface area contributed by atoms with Crippen LogP contribution >= 0.6 is 0 Å². The Labute approximate surface area is 255 Å². The third-order valence-electron chi connectivity index (χ3n) is 6.21. The van der Waals surface area contributed by atoms with Crippen molar-refractivity contribution in [1.29, 1.82) is 0 Å². The Morgan fingerprint density at radius 1 is 1.29 bits per heavy atom. The highest BCUT2D eigenvalue weighted by atomic mass is 32.2. The SMILES string of the molecule is [2H]C([2H])([2H])C([2H])(C)C([2H])([2H])N(C[C@@H](O)[C@H](Cc1ccccc1)NC(=O)O[C@]1([2H])[C@@H]2CCO[C@@H]2OC1([2H])[2H])S(=O)(=O)c1ccc(OC(F)(F)F)cc1. The summed E-state index contributed by atoms with van der Waals surface area (Å²) in [6.45, 7) is -10.6. The normalized spacial score (nSPS) is 30.3. The molecule has 0 spiro atoms. The summed E-state index contributed by atoms with van der Waals surface area (Å²) in [7, 11) is -5.31. The van der Waals surface area contributed by atoms with Crippen molar-refractivity contribution in [3.63, 3.8) is 0 Å². The van der Waals surface area contributed by atoms with Crippen LogP contribution in [-0.4, -0.2) is 81.0 Å². The molecule has 2 aliphatic heterocycles. The first-order valence-corrected chi connectivity index (χ1v) is 14.1. The summed E-state index contributed by atoms with van der Waals surface area (Å²) in [5.74, 6) is -5.11. The van der Waals surface area contributed by atoms with E-state index in [-0.39, 0.29) is 23.8 Å². The summed E-state index contributed by atoms with van der Waals surface area (Å²) in [4.78, 5) is 12.4. The number of carbonyl (C=O) groups is 1. The molecular formula is C28H35F3N2O8S. The van der Waals surface area contributed by atoms with Gasteiger partial charge in [-0.3, -0.25) is 0 Å². The third-order valence-corrected chi connectivity index (χ3v) is 7.90. The van der Waals surface area contributed by atoms with E-state index in [2.05, 4.69) is 10.1 Å². The number of fused-ring (bicyclic) bond motifs is 1. The highest BCUT2D eigenvalue weighted by molar-refractivity contribution is 7.89. The van der Waals surface area contributed by atoms with Crippen LogP contribution in [0.4, 0.5) is 18.0 Å². The van der Waals surface area contributed by atoms with E-state index in [1.54, 1.807) is 30.3 Å². The first-order valence-electron chi connectivity index (χ1n) is 17.1. The Balaban J connectivity index is 1.71. The lowest BCUT2D eigenvalue weighted by atomic mass is 10.0. The zero-order valence-corrected chi connectivity index (χ0v) is 22.9. The van der Waals surface area contributed by atoms with Gasteiger partial charge in [0.05, 0.1) is 40.2 Å². The van der Waals surface area contributed by atoms with Crippen molar-refractivity contribution < 1.29 is 62.8 Å². The number of nitrogens with zero attached hydrogens (tertiary/aromatic N) is 1. The minimum atomic E-state index is -5.31. The number of rotatable bonds is 12. The molecule has 1 unspecified atom stereocenters. The summed E-state index contributed by atoms with van der Waals surface area (Å²) in [5, 5.41) is 13.8. The molecule has 4 rings (SSSR count). The van der Waals surface area contributed by atoms with Gasteiger partial charge < -0.3 is 29.4 Å². The zero-order valence-electron chi connectivity index (χ0n) is 31.1. The first kappa shape index (κ1) is 21.7. The average Bonchev–Trinajstić information content (AvgIpc) is 3.52. The molecule has 2 aliphatic rings. The second-order valence-corrected chi connectivity index (χ2v) is 11.3. The summed E-state index contributed by atoms with van der Waals surface area (Å²) in [6.07, 6.45) is -12.8. The molecule has 0 aromatic heterocycles. The van der Waals surface area contributed by atoms with E-state index in [0.29, 0.717) is 36.8 Å². The van der Waals surface area contributed by atoms with Gasteiger partial charge in [-0.15, -0.1) is 13.2 Å². The van der Waals surface area contributed by atoms with Gasteiger partial charge in [-0.25, -0.2) is 13.2 Å². The number of halogens is 3. The molecule has 1 amide bonds. The molecule has 0 aliphatic carbocycles. The molecule has 10 nitrogen and oxygen atoms in total. The molecule has 2 heterocycles. The lowest BCUT2D eigenvalue weighted by Crippen LogP contribution is -2.51. The lowest BCUT2D eigenvalue weighted by Gasteiger charge is -2.31. The number of hydrogen-bond acceptors (Lipinski definition) is 8. The Hall–Kier alpha value is -2.91. The Bertz CT molecular complexity index is 1660. The van der Waals surface area contributed by atoms with Crippen molar-refractivity contribution in [2.24, 2.45) is 11.8 Å². The van der Waals surface area contributed by atoms with Gasteiger partial charge in [-0.1, -0.05) is 44.1 Å². The molecule has 0 bridgehead atoms. The highest BCUT2D eigenvalue weighted by Crippen LogP contribution is 2.33. The molecule has 2 N–H and O–H groups in total. The lowest BCUT2D eigenvalue weighted by molar-refractivity contribution is -0.274. The minimum absolute atomic E-state index is 0.0852. The number of benzene rings is 2. The van der Waals surface area contributed by atoms with Crippen LogP contribution in [-0.2, 0) is 30.7 Å². The van der Waals surface area contributed by atoms with E-state index in [1.165, 1.54) is 0 Å². The molecule has 0 radical (unpaired) electrons. The quantitative estimate of drug-likeness (QED) is 0.366. The third kappa shape index (κ3) is 8.57. The predicted molar refractivity (Wildman–Crippen MR) is 144 cm³/mol. The number of hydrogen-bond donors (Lipinski definition) is 2. The van der Waals surface area contributed by atoms with Crippen molar-refractivity contribution in [2.75, 3.05) is 26.2 Å². The Morgan fingerprint density at radius 3 is 2.67 bits per heavy atom. The van der Waals surface area contributed by atoms with Crippen LogP contribution in [0.25, 0.3) is 0 Å². The molecule has 0 saturated carbocycles. The fraction of sp³-hybridized carbons (Fsp3) is 0.536. The average molecular weight is 626 g/mol. The topological polar surface area (TPSA) is 124 Å². The van der Waals surface area contributed by atoms with Crippen LogP contribution in [0.15, 0.2) is 59.5 Å². The molecule has 2 saturated heterocycles. The fourth-order valence-corrected chi connectivity index (χ4v) is 5.62. The minimum Gasteiger partial charge on any atom is -0.443 e. The number of aliphatic hydroxyl groups excluding tert-OH is 1. The molecule has 42 heavy (non-hydrogen) atoms. The number of alkyl carbamates (subject to hydrolysis) is 1. The van der Waals surface area contributed by atoms with E-state index in [0.717, 1.165) is 0 Å². The van der Waals surface area contributed by atoms with Crippen LogP contribution in [0.1, 0.15) is 38.1 Å². The van der Waals surface area contributed by atoms with Gasteiger partial charge in [-0.05, 0) is 48.6 Å². The maximum atomic E-state index is 14.0. The van der Waals surface area contributed by atoms with Crippen molar-refractivity contribution in [2.45, 2.75) is 62.4 Å². The summed E-state index contributed by atoms with van der Waals surface area (Å²) in [5.41, 5.74) is 0.428. The van der Waals surface area contributed by atoms with Gasteiger partial charge >= 0.3 is 12.5 Å². The van der Waals surface area contributed by atoms with Crippen molar-refractivity contribution in [3.05, 3.63) is 60.2 Å². The molecule has 232 valence electrons. The molecule has 6 atom stereocenters. The number of nitrogens with one attached hydrogen (secondary N) is 1. The van der Waals surface area contributed by atoms with Crippen molar-refractivity contribution in [3.8, 4) is 5.75 Å². The molecule has 2 aromatic rings. The monoisotopic (exact) mass is 625 g/mol. The van der Waals surface area contributed by atoms with Gasteiger partial charge in [0.15, 0.2) is 6.29 Å². The summed E-state index contributed by atoms with van der Waals surface area (Å²) in [6, 6.07) is 8.75. The summed E-state index contributed by atoms with van der Waals surface area (Å²) >= 11 is 0. The second kappa shape index (κ2) is 13.6. The van der Waals surface area contributed by atoms with Crippen LogP contribution in [0.5, 0.6) is 5.75 Å². The standard InChI is InChI=1S/C28H35F3N2O8S/c1-18(2)15-33(42(36,37)21-10-8-20(9-11-21)41-28(29,30)31)16-24(34)23(14-19-6-4-3-5-7-19)32-27(35)40-25-17-39-26-22(25)12-13-38-26/h3-11,18,22-26,34H,12-17H2,1-2H3,(H,32,35)/t22-,23-,24+,25-,26+/m0/s1/i1D3,15D2,17D2,18D,25D/t18?,22-,23-,24+,25-,26+. The second-order valence-electron chi connectivity index (χ2n) is 9.41.